The van der Waals surface area contributed by atoms with E-state index in [-0.39, 0.29) is 10.8 Å². The molecule has 0 radical (unpaired) electrons. The van der Waals surface area contributed by atoms with E-state index in [1.54, 1.807) is 0 Å². The molecule has 2 rings (SSSR count). The van der Waals surface area contributed by atoms with Gasteiger partial charge in [0.15, 0.2) is 11.5 Å². The minimum absolute atomic E-state index is 0.105. The van der Waals surface area contributed by atoms with Crippen molar-refractivity contribution in [3.63, 3.8) is 0 Å². The average Bonchev–Trinajstić information content (AvgIpc) is 2.82. The Morgan fingerprint density at radius 2 is 1.06 bits per heavy atom. The van der Waals surface area contributed by atoms with Crippen molar-refractivity contribution in [2.75, 3.05) is 23.0 Å². The first-order chi connectivity index (χ1) is 16.8. The van der Waals surface area contributed by atoms with Crippen LogP contribution in [0.3, 0.4) is 0 Å². The number of hydrogen-bond donors (Lipinski definition) is 2. The zero-order chi connectivity index (χ0) is 26.9. The molecule has 10 heteroatoms. The molecule has 2 N–H and O–H groups in total. The van der Waals surface area contributed by atoms with Crippen molar-refractivity contribution in [2.45, 2.75) is 66.2 Å². The van der Waals surface area contributed by atoms with Crippen LogP contribution in [0.1, 0.15) is 64.9 Å². The van der Waals surface area contributed by atoms with Gasteiger partial charge in [-0.15, -0.1) is 0 Å². The van der Waals surface area contributed by atoms with Crippen LogP contribution in [0.25, 0.3) is 0 Å². The monoisotopic (exact) mass is 542 g/mol. The molecule has 2 aromatic rings. The molecule has 0 saturated heterocycles. The molecular weight excluding hydrogens is 504 g/mol. The van der Waals surface area contributed by atoms with Crippen LogP contribution in [0, 0.1) is 10.8 Å². The maximum Gasteiger partial charge on any atom is 0.226 e. The van der Waals surface area contributed by atoms with Crippen molar-refractivity contribution in [1.29, 1.82) is 0 Å². The van der Waals surface area contributed by atoms with Gasteiger partial charge in [-0.05, 0) is 58.9 Å². The minimum Gasteiger partial charge on any atom is -0.616 e. The summed E-state index contributed by atoms with van der Waals surface area (Å²) in [7, 11) is 0. The molecule has 0 aliphatic carbocycles. The van der Waals surface area contributed by atoms with Gasteiger partial charge in [-0.3, -0.25) is 9.59 Å². The highest BCUT2D eigenvalue weighted by Gasteiger charge is 2.25. The summed E-state index contributed by atoms with van der Waals surface area (Å²) in [4.78, 5) is 23.0. The summed E-state index contributed by atoms with van der Waals surface area (Å²) in [6.45, 7) is 8.30. The second-order valence-electron chi connectivity index (χ2n) is 10.7. The number of hydrogen-bond acceptors (Lipinski definition) is 8. The zero-order valence-corrected chi connectivity index (χ0v) is 23.2. The summed E-state index contributed by atoms with van der Waals surface area (Å²) in [5, 5.41) is 18.6. The average molecular weight is 543 g/mol. The van der Waals surface area contributed by atoms with Crippen molar-refractivity contribution < 1.29 is 28.2 Å². The second kappa shape index (κ2) is 13.6. The van der Waals surface area contributed by atoms with E-state index in [1.165, 1.54) is 12.1 Å². The van der Waals surface area contributed by atoms with Gasteiger partial charge in [0.1, 0.15) is 47.1 Å². The Bertz CT molecular complexity index is 991. The Kier molecular flexibility index (Phi) is 11.5. The number of rotatable bonds is 15. The smallest absolute Gasteiger partial charge is 0.226 e. The van der Waals surface area contributed by atoms with E-state index < -0.39 is 44.7 Å². The summed E-state index contributed by atoms with van der Waals surface area (Å²) < 4.78 is 35.5. The lowest BCUT2D eigenvalue weighted by Crippen LogP contribution is -2.26. The lowest BCUT2D eigenvalue weighted by Gasteiger charge is -2.26. The van der Waals surface area contributed by atoms with Crippen LogP contribution < -0.4 is 10.9 Å². The molecule has 0 aliphatic rings. The molecule has 0 bridgehead atoms. The van der Waals surface area contributed by atoms with Crippen molar-refractivity contribution in [1.82, 2.24) is 0 Å². The minimum atomic E-state index is -1.06. The third-order valence-electron chi connectivity index (χ3n) is 6.38. The largest absolute Gasteiger partial charge is 0.616 e. The second-order valence-corrected chi connectivity index (χ2v) is 14.1. The van der Waals surface area contributed by atoms with E-state index in [9.17, 15) is 28.9 Å². The summed E-state index contributed by atoms with van der Waals surface area (Å²) in [5.41, 5.74) is -1.13. The van der Waals surface area contributed by atoms with E-state index >= 15 is 0 Å². The van der Waals surface area contributed by atoms with E-state index in [4.69, 9.17) is 8.83 Å². The molecule has 36 heavy (non-hydrogen) atoms. The maximum atomic E-state index is 12.5. The van der Waals surface area contributed by atoms with Crippen LogP contribution in [-0.2, 0) is 35.2 Å². The Labute approximate surface area is 218 Å². The molecule has 2 heterocycles. The van der Waals surface area contributed by atoms with Gasteiger partial charge in [0, 0.05) is 25.0 Å². The van der Waals surface area contributed by atoms with Crippen LogP contribution in [0.5, 0.6) is 11.5 Å². The third kappa shape index (κ3) is 11.0. The first kappa shape index (κ1) is 30.3. The molecular formula is C26H38O8S2. The number of aryl methyl sites for hydroxylation is 2. The van der Waals surface area contributed by atoms with Crippen LogP contribution >= 0.6 is 0 Å². The highest BCUT2D eigenvalue weighted by Crippen LogP contribution is 2.29. The standard InChI is InChI=1S/C26H38O8S2/c1-25(2,7-5-19-15-21(27)23(29)17-33-19)9-11-35(31)13-14-36(32)12-10-26(3,4)8-6-20-16-22(28)24(30)18-34-20/h15-18,29-30H,5-14H2,1-4H3. The van der Waals surface area contributed by atoms with E-state index in [2.05, 4.69) is 27.7 Å². The zero-order valence-electron chi connectivity index (χ0n) is 21.5. The Balaban J connectivity index is 1.66. The highest BCUT2D eigenvalue weighted by atomic mass is 32.2. The molecule has 2 unspecified atom stereocenters. The molecule has 0 fully saturated rings. The fraction of sp³-hybridized carbons (Fsp3) is 0.615. The highest BCUT2D eigenvalue weighted by molar-refractivity contribution is 7.95. The van der Waals surface area contributed by atoms with Gasteiger partial charge in [-0.1, -0.05) is 27.7 Å². The molecule has 2 aromatic heterocycles. The Morgan fingerprint density at radius 1 is 0.694 bits per heavy atom. The molecule has 8 nitrogen and oxygen atoms in total. The summed E-state index contributed by atoms with van der Waals surface area (Å²) in [5.74, 6) is 2.05. The van der Waals surface area contributed by atoms with Gasteiger partial charge in [-0.25, -0.2) is 0 Å². The summed E-state index contributed by atoms with van der Waals surface area (Å²) in [6, 6.07) is 2.59. The van der Waals surface area contributed by atoms with E-state index in [0.29, 0.717) is 47.4 Å². The maximum absolute atomic E-state index is 12.5. The topological polar surface area (TPSA) is 147 Å². The van der Waals surface area contributed by atoms with Gasteiger partial charge in [-0.2, -0.15) is 0 Å². The van der Waals surface area contributed by atoms with Crippen molar-refractivity contribution >= 4 is 22.4 Å². The molecule has 2 atom stereocenters. The van der Waals surface area contributed by atoms with E-state index in [1.807, 2.05) is 0 Å². The molecule has 0 saturated carbocycles. The lowest BCUT2D eigenvalue weighted by atomic mass is 9.85. The predicted molar refractivity (Wildman–Crippen MR) is 142 cm³/mol. The summed E-state index contributed by atoms with van der Waals surface area (Å²) in [6.07, 6.45) is 6.15. The summed E-state index contributed by atoms with van der Waals surface area (Å²) >= 11 is -2.12. The third-order valence-corrected chi connectivity index (χ3v) is 9.28. The first-order valence-corrected chi connectivity index (χ1v) is 15.1. The lowest BCUT2D eigenvalue weighted by molar-refractivity contribution is 0.308. The quantitative estimate of drug-likeness (QED) is 0.322. The first-order valence-electron chi connectivity index (χ1n) is 12.1. The molecule has 0 amide bonds. The Morgan fingerprint density at radius 3 is 1.39 bits per heavy atom. The van der Waals surface area contributed by atoms with Crippen molar-refractivity contribution in [3.05, 3.63) is 56.6 Å². The van der Waals surface area contributed by atoms with Gasteiger partial charge < -0.3 is 28.2 Å². The van der Waals surface area contributed by atoms with Gasteiger partial charge >= 0.3 is 0 Å². The molecule has 0 spiro atoms. The van der Waals surface area contributed by atoms with Crippen LogP contribution in [-0.4, -0.2) is 42.3 Å². The van der Waals surface area contributed by atoms with Gasteiger partial charge in [0.2, 0.25) is 10.9 Å². The van der Waals surface area contributed by atoms with Gasteiger partial charge in [0.05, 0.1) is 0 Å². The number of aromatic hydroxyl groups is 2. The van der Waals surface area contributed by atoms with E-state index in [0.717, 1.165) is 38.2 Å². The SMILES string of the molecule is CC(C)(CCc1cc(=O)c(O)co1)CC[S+]([O-])CC[S+]([O-])CCC(C)(C)CCc1cc(=O)c(O)co1. The molecule has 202 valence electrons. The predicted octanol–water partition coefficient (Wildman–Crippen LogP) is 3.90. The molecule has 0 aromatic carbocycles. The van der Waals surface area contributed by atoms with Crippen molar-refractivity contribution in [2.24, 2.45) is 10.8 Å². The van der Waals surface area contributed by atoms with Crippen molar-refractivity contribution in [3.8, 4) is 11.5 Å². The van der Waals surface area contributed by atoms with Crippen LogP contribution in [0.15, 0.2) is 43.1 Å². The fourth-order valence-electron chi connectivity index (χ4n) is 3.49. The molecule has 0 aliphatic heterocycles. The van der Waals surface area contributed by atoms with Crippen LogP contribution in [0.2, 0.25) is 0 Å². The fourth-order valence-corrected chi connectivity index (χ4v) is 6.95. The normalized spacial score (nSPS) is 14.1. The van der Waals surface area contributed by atoms with Gasteiger partial charge in [0.25, 0.3) is 0 Å². The van der Waals surface area contributed by atoms with Crippen LogP contribution in [0.4, 0.5) is 0 Å². The Hall–Kier alpha value is -1.88.